The lowest BCUT2D eigenvalue weighted by atomic mass is 10.0. The highest BCUT2D eigenvalue weighted by Gasteiger charge is 2.43. The molecule has 1 saturated heterocycles. The summed E-state index contributed by atoms with van der Waals surface area (Å²) in [6, 6.07) is 8.20. The van der Waals surface area contributed by atoms with E-state index in [9.17, 15) is 19.2 Å². The summed E-state index contributed by atoms with van der Waals surface area (Å²) in [7, 11) is 8.16. The Morgan fingerprint density at radius 2 is 1.70 bits per heavy atom. The van der Waals surface area contributed by atoms with Gasteiger partial charge in [0.15, 0.2) is 0 Å². The molecule has 0 saturated carbocycles. The number of methoxy groups -OCH3 is 2. The maximum atomic E-state index is 15.8. The fourth-order valence-corrected chi connectivity index (χ4v) is 7.09. The number of carbonyl (C=O) groups excluding carboxylic acids is 4. The Morgan fingerprint density at radius 3 is 2.30 bits per heavy atom. The number of likely N-dealkylation sites (N-methyl/N-ethyl adjacent to an activating group) is 3. The van der Waals surface area contributed by atoms with Gasteiger partial charge in [-0.2, -0.15) is 0 Å². The maximum Gasteiger partial charge on any atom is 0.257 e. The van der Waals surface area contributed by atoms with Crippen LogP contribution in [0.4, 0.5) is 4.39 Å². The van der Waals surface area contributed by atoms with Crippen molar-refractivity contribution in [2.45, 2.75) is 103 Å². The molecule has 1 aromatic rings. The van der Waals surface area contributed by atoms with Gasteiger partial charge in [-0.3, -0.25) is 24.1 Å². The zero-order valence-corrected chi connectivity index (χ0v) is 34.3. The predicted molar refractivity (Wildman–Crippen MR) is 208 cm³/mol. The van der Waals surface area contributed by atoms with Crippen molar-refractivity contribution in [2.75, 3.05) is 74.8 Å². The van der Waals surface area contributed by atoms with Gasteiger partial charge in [-0.25, -0.2) is 4.39 Å². The monoisotopic (exact) mass is 763 g/mol. The normalized spacial score (nSPS) is 17.8. The van der Waals surface area contributed by atoms with Gasteiger partial charge in [0.2, 0.25) is 23.9 Å². The van der Waals surface area contributed by atoms with Gasteiger partial charge in [0.25, 0.3) is 5.91 Å². The van der Waals surface area contributed by atoms with Gasteiger partial charge >= 0.3 is 0 Å². The number of nitrogens with one attached hydrogen (secondary N) is 3. The number of carbonyl (C=O) groups is 4. The summed E-state index contributed by atoms with van der Waals surface area (Å²) in [5.74, 6) is -1.73. The summed E-state index contributed by atoms with van der Waals surface area (Å²) < 4.78 is 32.9. The van der Waals surface area contributed by atoms with Gasteiger partial charge in [-0.1, -0.05) is 56.7 Å². The number of nitrogens with zero attached hydrogens (tertiary/aromatic N) is 3. The van der Waals surface area contributed by atoms with Gasteiger partial charge < -0.3 is 40.0 Å². The highest BCUT2D eigenvalue weighted by Crippen LogP contribution is 2.28. The van der Waals surface area contributed by atoms with Crippen LogP contribution in [-0.2, 0) is 39.8 Å². The first kappa shape index (κ1) is 46.7. The number of hydrogen-bond donors (Lipinski definition) is 3. The average molecular weight is 763 g/mol. The van der Waals surface area contributed by atoms with Crippen LogP contribution in [0.2, 0.25) is 0 Å². The molecule has 0 bridgehead atoms. The minimum Gasteiger partial charge on any atom is -0.379 e. The number of rotatable bonds is 24. The lowest BCUT2D eigenvalue weighted by Crippen LogP contribution is -2.53. The van der Waals surface area contributed by atoms with Gasteiger partial charge in [0, 0.05) is 52.6 Å². The number of allylic oxidation sites excluding steroid dienone is 1. The maximum absolute atomic E-state index is 15.8. The summed E-state index contributed by atoms with van der Waals surface area (Å²) in [6.07, 6.45) is -1.85. The Hall–Kier alpha value is -3.43. The van der Waals surface area contributed by atoms with Crippen molar-refractivity contribution >= 4 is 23.6 Å². The Bertz CT molecular complexity index is 1350. The molecule has 6 unspecified atom stereocenters. The Kier molecular flexibility index (Phi) is 20.9. The summed E-state index contributed by atoms with van der Waals surface area (Å²) in [4.78, 5) is 58.9. The van der Waals surface area contributed by atoms with E-state index in [2.05, 4.69) is 16.0 Å². The number of halogens is 1. The van der Waals surface area contributed by atoms with Crippen LogP contribution < -0.4 is 16.0 Å². The number of likely N-dealkylation sites (tertiary alicyclic amines) is 1. The molecule has 0 radical (unpaired) electrons. The van der Waals surface area contributed by atoms with Crippen LogP contribution >= 0.6 is 0 Å². The van der Waals surface area contributed by atoms with Crippen molar-refractivity contribution in [3.05, 3.63) is 47.2 Å². The summed E-state index contributed by atoms with van der Waals surface area (Å²) >= 11 is 0. The lowest BCUT2D eigenvalue weighted by molar-refractivity contribution is -0.143. The standard InChI is InChI=1S/C40H67FN6O7/c1-11-28(4)37(46(8)34(49)26-43-40(51)36(27(2)3)45(7)21-23-54-22-19-42-6)32(52-9)25-33(48)47-20-15-18-31(47)38(53-10)35(41)39(50)44-29(5)24-30-16-13-12-14-17-30/h12-14,16-17,27,29,31-32,35-36,38,42H,11,15,18-26H2,1-10H3,(H,43,51)(H,44,50)/b37-28+. The van der Waals surface area contributed by atoms with E-state index >= 15 is 4.39 Å². The van der Waals surface area contributed by atoms with E-state index in [4.69, 9.17) is 14.2 Å². The molecule has 6 atom stereocenters. The van der Waals surface area contributed by atoms with Crippen LogP contribution in [0.25, 0.3) is 0 Å². The molecule has 1 aliphatic heterocycles. The van der Waals surface area contributed by atoms with E-state index in [0.29, 0.717) is 57.7 Å². The van der Waals surface area contributed by atoms with E-state index < -0.39 is 36.4 Å². The second kappa shape index (κ2) is 24.2. The fraction of sp³-hybridized carbons (Fsp3) is 0.700. The molecule has 1 heterocycles. The van der Waals surface area contributed by atoms with E-state index in [1.807, 2.05) is 83.9 Å². The fourth-order valence-electron chi connectivity index (χ4n) is 7.09. The SMILES string of the molecule is CC/C(C)=C(\C(CC(=O)N1CCCC1C(OC)C(F)C(=O)NC(C)Cc1ccccc1)OC)N(C)C(=O)CNC(=O)C(C(C)C)N(C)CCOCCNC. The third kappa shape index (κ3) is 14.0. The van der Waals surface area contributed by atoms with Crippen molar-refractivity contribution in [3.63, 3.8) is 0 Å². The molecule has 1 fully saturated rings. The Morgan fingerprint density at radius 1 is 1.02 bits per heavy atom. The highest BCUT2D eigenvalue weighted by molar-refractivity contribution is 5.88. The number of alkyl halides is 1. The number of hydrogen-bond acceptors (Lipinski definition) is 9. The highest BCUT2D eigenvalue weighted by atomic mass is 19.1. The summed E-state index contributed by atoms with van der Waals surface area (Å²) in [6.45, 7) is 12.0. The van der Waals surface area contributed by atoms with Crippen molar-refractivity contribution < 1.29 is 37.8 Å². The van der Waals surface area contributed by atoms with E-state index in [-0.39, 0.29) is 42.6 Å². The molecule has 2 rings (SSSR count). The summed E-state index contributed by atoms with van der Waals surface area (Å²) in [5.41, 5.74) is 2.39. The third-order valence-electron chi connectivity index (χ3n) is 10.1. The molecule has 4 amide bonds. The molecule has 1 aromatic carbocycles. The summed E-state index contributed by atoms with van der Waals surface area (Å²) in [5, 5.41) is 8.61. The van der Waals surface area contributed by atoms with Crippen LogP contribution in [0, 0.1) is 5.92 Å². The van der Waals surface area contributed by atoms with E-state index in [1.54, 1.807) is 11.9 Å². The zero-order valence-electron chi connectivity index (χ0n) is 34.3. The lowest BCUT2D eigenvalue weighted by Gasteiger charge is -2.34. The first-order valence-electron chi connectivity index (χ1n) is 19.2. The molecule has 54 heavy (non-hydrogen) atoms. The number of ether oxygens (including phenoxy) is 3. The van der Waals surface area contributed by atoms with Crippen LogP contribution in [0.1, 0.15) is 65.9 Å². The molecule has 3 N–H and O–H groups in total. The molecular formula is C40H67FN6O7. The molecular weight excluding hydrogens is 695 g/mol. The van der Waals surface area contributed by atoms with Crippen LogP contribution in [0.5, 0.6) is 0 Å². The Labute approximate surface area is 322 Å². The first-order valence-corrected chi connectivity index (χ1v) is 19.2. The minimum absolute atomic E-state index is 0.0146. The second-order valence-corrected chi connectivity index (χ2v) is 14.5. The largest absolute Gasteiger partial charge is 0.379 e. The quantitative estimate of drug-likeness (QED) is 0.136. The van der Waals surface area contributed by atoms with Crippen LogP contribution in [-0.4, -0.2) is 150 Å². The molecule has 0 spiro atoms. The average Bonchev–Trinajstić information content (AvgIpc) is 3.63. The molecule has 306 valence electrons. The topological polar surface area (TPSA) is 142 Å². The smallest absolute Gasteiger partial charge is 0.257 e. The van der Waals surface area contributed by atoms with E-state index in [0.717, 1.165) is 17.7 Å². The molecule has 13 nitrogen and oxygen atoms in total. The first-order chi connectivity index (χ1) is 25.7. The molecule has 0 aliphatic carbocycles. The third-order valence-corrected chi connectivity index (χ3v) is 10.1. The minimum atomic E-state index is -1.99. The molecule has 14 heteroatoms. The Balaban J connectivity index is 2.11. The van der Waals surface area contributed by atoms with Gasteiger partial charge in [0.1, 0.15) is 12.2 Å². The predicted octanol–water partition coefficient (Wildman–Crippen LogP) is 2.93. The van der Waals surface area contributed by atoms with Crippen molar-refractivity contribution in [3.8, 4) is 0 Å². The van der Waals surface area contributed by atoms with E-state index in [1.165, 1.54) is 19.1 Å². The number of amides is 4. The van der Waals surface area contributed by atoms with Crippen LogP contribution in [0.15, 0.2) is 41.6 Å². The second-order valence-electron chi connectivity index (χ2n) is 14.5. The number of benzene rings is 1. The van der Waals surface area contributed by atoms with Gasteiger partial charge in [-0.15, -0.1) is 0 Å². The molecule has 1 aliphatic rings. The van der Waals surface area contributed by atoms with Gasteiger partial charge in [0.05, 0.1) is 38.3 Å². The van der Waals surface area contributed by atoms with Crippen molar-refractivity contribution in [2.24, 2.45) is 5.92 Å². The zero-order chi connectivity index (χ0) is 40.4. The van der Waals surface area contributed by atoms with Crippen molar-refractivity contribution in [1.82, 2.24) is 30.7 Å². The molecule has 0 aromatic heterocycles. The van der Waals surface area contributed by atoms with Crippen molar-refractivity contribution in [1.29, 1.82) is 0 Å². The van der Waals surface area contributed by atoms with Gasteiger partial charge in [-0.05, 0) is 65.1 Å². The van der Waals surface area contributed by atoms with Crippen LogP contribution in [0.3, 0.4) is 0 Å².